The summed E-state index contributed by atoms with van der Waals surface area (Å²) < 4.78 is 0. The zero-order valence-corrected chi connectivity index (χ0v) is 12.1. The van der Waals surface area contributed by atoms with Gasteiger partial charge in [0.2, 0.25) is 0 Å². The number of benzene rings is 1. The highest BCUT2D eigenvalue weighted by Crippen LogP contribution is 2.40. The lowest BCUT2D eigenvalue weighted by atomic mass is 9.78. The molecule has 2 aliphatic heterocycles. The summed E-state index contributed by atoms with van der Waals surface area (Å²) in [5.41, 5.74) is 1.90. The summed E-state index contributed by atoms with van der Waals surface area (Å²) in [4.78, 5) is 2.52. The van der Waals surface area contributed by atoms with E-state index in [1.54, 1.807) is 0 Å². The molecule has 18 heavy (non-hydrogen) atoms. The molecule has 0 amide bonds. The average Bonchev–Trinajstić information content (AvgIpc) is 2.75. The van der Waals surface area contributed by atoms with E-state index in [9.17, 15) is 0 Å². The minimum atomic E-state index is 0. The van der Waals surface area contributed by atoms with Crippen LogP contribution in [0, 0.1) is 5.41 Å². The molecule has 2 nitrogen and oxygen atoms in total. The predicted octanol–water partition coefficient (Wildman–Crippen LogP) is 3.34. The molecule has 2 heterocycles. The molecule has 1 aromatic carbocycles. The van der Waals surface area contributed by atoms with Crippen LogP contribution < -0.4 is 10.2 Å². The van der Waals surface area contributed by atoms with Crippen LogP contribution in [0.25, 0.3) is 0 Å². The van der Waals surface area contributed by atoms with Crippen LogP contribution in [0.15, 0.2) is 24.3 Å². The highest BCUT2D eigenvalue weighted by Gasteiger charge is 2.38. The number of nitrogens with zero attached hydrogens (tertiary/aromatic N) is 1. The van der Waals surface area contributed by atoms with E-state index in [2.05, 4.69) is 22.3 Å². The molecule has 0 aliphatic carbocycles. The lowest BCUT2D eigenvalue weighted by Gasteiger charge is -2.34. The van der Waals surface area contributed by atoms with Crippen LogP contribution in [0.5, 0.6) is 0 Å². The van der Waals surface area contributed by atoms with Crippen LogP contribution in [0.3, 0.4) is 0 Å². The van der Waals surface area contributed by atoms with Crippen molar-refractivity contribution in [2.75, 3.05) is 31.1 Å². The van der Waals surface area contributed by atoms with Crippen molar-refractivity contribution in [1.82, 2.24) is 5.32 Å². The second-order valence-corrected chi connectivity index (χ2v) is 5.83. The highest BCUT2D eigenvalue weighted by molar-refractivity contribution is 6.30. The summed E-state index contributed by atoms with van der Waals surface area (Å²) in [6.07, 6.45) is 4.01. The Morgan fingerprint density at radius 2 is 1.72 bits per heavy atom. The van der Waals surface area contributed by atoms with Crippen molar-refractivity contribution < 1.29 is 0 Å². The Labute approximate surface area is 120 Å². The van der Waals surface area contributed by atoms with Gasteiger partial charge in [-0.15, -0.1) is 12.4 Å². The summed E-state index contributed by atoms with van der Waals surface area (Å²) >= 11 is 5.93. The van der Waals surface area contributed by atoms with Crippen LogP contribution in [-0.2, 0) is 0 Å². The molecule has 3 rings (SSSR count). The van der Waals surface area contributed by atoms with E-state index in [0.29, 0.717) is 5.41 Å². The number of rotatable bonds is 1. The third-order valence-corrected chi connectivity index (χ3v) is 4.55. The maximum absolute atomic E-state index is 5.93. The molecule has 1 aromatic rings. The van der Waals surface area contributed by atoms with Crippen molar-refractivity contribution in [2.24, 2.45) is 5.41 Å². The molecule has 0 aromatic heterocycles. The van der Waals surface area contributed by atoms with Crippen molar-refractivity contribution in [1.29, 1.82) is 0 Å². The molecule has 0 bridgehead atoms. The Morgan fingerprint density at radius 3 is 2.39 bits per heavy atom. The summed E-state index contributed by atoms with van der Waals surface area (Å²) in [6, 6.07) is 8.26. The maximum atomic E-state index is 5.93. The van der Waals surface area contributed by atoms with Crippen molar-refractivity contribution in [3.8, 4) is 0 Å². The van der Waals surface area contributed by atoms with Crippen LogP contribution >= 0.6 is 24.0 Å². The summed E-state index contributed by atoms with van der Waals surface area (Å²) in [5.74, 6) is 0. The molecule has 0 radical (unpaired) electrons. The Hall–Kier alpha value is -0.440. The van der Waals surface area contributed by atoms with Gasteiger partial charge in [-0.25, -0.2) is 0 Å². The van der Waals surface area contributed by atoms with E-state index >= 15 is 0 Å². The zero-order valence-electron chi connectivity index (χ0n) is 10.5. The van der Waals surface area contributed by atoms with Crippen LogP contribution in [0.2, 0.25) is 5.02 Å². The van der Waals surface area contributed by atoms with Crippen LogP contribution in [0.4, 0.5) is 5.69 Å². The minimum absolute atomic E-state index is 0. The number of piperidine rings is 1. The number of nitrogens with one attached hydrogen (secondary N) is 1. The standard InChI is InChI=1S/C14H19ClN2.ClH/c15-12-1-3-13(4-2-12)17-10-7-14(11-17)5-8-16-9-6-14;/h1-4,16H,5-11H2;1H. The largest absolute Gasteiger partial charge is 0.371 e. The van der Waals surface area contributed by atoms with E-state index < -0.39 is 0 Å². The van der Waals surface area contributed by atoms with Crippen LogP contribution in [0.1, 0.15) is 19.3 Å². The molecule has 2 fully saturated rings. The monoisotopic (exact) mass is 286 g/mol. The first-order chi connectivity index (χ1) is 8.27. The molecule has 0 unspecified atom stereocenters. The van der Waals surface area contributed by atoms with Gasteiger partial charge < -0.3 is 10.2 Å². The summed E-state index contributed by atoms with van der Waals surface area (Å²) in [7, 11) is 0. The second-order valence-electron chi connectivity index (χ2n) is 5.40. The molecular weight excluding hydrogens is 267 g/mol. The number of anilines is 1. The zero-order chi connectivity index (χ0) is 11.7. The van der Waals surface area contributed by atoms with Gasteiger partial charge in [-0.3, -0.25) is 0 Å². The first-order valence-corrected chi connectivity index (χ1v) is 6.87. The molecule has 0 saturated carbocycles. The molecule has 2 aliphatic rings. The Morgan fingerprint density at radius 1 is 1.06 bits per heavy atom. The van der Waals surface area contributed by atoms with E-state index in [0.717, 1.165) is 5.02 Å². The van der Waals surface area contributed by atoms with Crippen molar-refractivity contribution in [2.45, 2.75) is 19.3 Å². The fourth-order valence-electron chi connectivity index (χ4n) is 3.17. The molecule has 2 saturated heterocycles. The molecule has 1 spiro atoms. The van der Waals surface area contributed by atoms with Gasteiger partial charge in [0, 0.05) is 23.8 Å². The van der Waals surface area contributed by atoms with E-state index in [-0.39, 0.29) is 12.4 Å². The van der Waals surface area contributed by atoms with Gasteiger partial charge in [0.15, 0.2) is 0 Å². The lowest BCUT2D eigenvalue weighted by Crippen LogP contribution is -2.38. The van der Waals surface area contributed by atoms with Gasteiger partial charge in [-0.1, -0.05) is 11.6 Å². The molecule has 1 N–H and O–H groups in total. The smallest absolute Gasteiger partial charge is 0.0407 e. The molecule has 100 valence electrons. The number of hydrogen-bond donors (Lipinski definition) is 1. The van der Waals surface area contributed by atoms with Gasteiger partial charge in [0.25, 0.3) is 0 Å². The Bertz CT molecular complexity index is 385. The number of halogens is 2. The Balaban J connectivity index is 0.00000120. The normalized spacial score (nSPS) is 21.9. The summed E-state index contributed by atoms with van der Waals surface area (Å²) in [5, 5.41) is 4.29. The lowest BCUT2D eigenvalue weighted by molar-refractivity contribution is 0.232. The SMILES string of the molecule is Cl.Clc1ccc(N2CCC3(CCNCC3)C2)cc1. The van der Waals surface area contributed by atoms with Crippen molar-refractivity contribution in [3.63, 3.8) is 0 Å². The third kappa shape index (κ3) is 2.76. The van der Waals surface area contributed by atoms with E-state index in [1.807, 2.05) is 12.1 Å². The third-order valence-electron chi connectivity index (χ3n) is 4.29. The van der Waals surface area contributed by atoms with Crippen molar-refractivity contribution >= 4 is 29.7 Å². The van der Waals surface area contributed by atoms with Gasteiger partial charge in [-0.2, -0.15) is 0 Å². The highest BCUT2D eigenvalue weighted by atomic mass is 35.5. The van der Waals surface area contributed by atoms with Gasteiger partial charge in [0.1, 0.15) is 0 Å². The minimum Gasteiger partial charge on any atom is -0.371 e. The maximum Gasteiger partial charge on any atom is 0.0407 e. The van der Waals surface area contributed by atoms with Crippen molar-refractivity contribution in [3.05, 3.63) is 29.3 Å². The van der Waals surface area contributed by atoms with E-state index in [1.165, 1.54) is 51.1 Å². The van der Waals surface area contributed by atoms with Crippen LogP contribution in [-0.4, -0.2) is 26.2 Å². The fourth-order valence-corrected chi connectivity index (χ4v) is 3.30. The Kier molecular flexibility index (Phi) is 4.41. The second kappa shape index (κ2) is 5.68. The van der Waals surface area contributed by atoms with Gasteiger partial charge in [0.05, 0.1) is 0 Å². The van der Waals surface area contributed by atoms with Gasteiger partial charge >= 0.3 is 0 Å². The first kappa shape index (κ1) is 14.0. The number of hydrogen-bond acceptors (Lipinski definition) is 2. The molecule has 4 heteroatoms. The average molecular weight is 287 g/mol. The summed E-state index contributed by atoms with van der Waals surface area (Å²) in [6.45, 7) is 4.79. The quantitative estimate of drug-likeness (QED) is 0.852. The molecular formula is C14H20Cl2N2. The van der Waals surface area contributed by atoms with Gasteiger partial charge in [-0.05, 0) is 62.0 Å². The molecule has 0 atom stereocenters. The fraction of sp³-hybridized carbons (Fsp3) is 0.571. The topological polar surface area (TPSA) is 15.3 Å². The predicted molar refractivity (Wildman–Crippen MR) is 80.1 cm³/mol. The first-order valence-electron chi connectivity index (χ1n) is 6.49. The van der Waals surface area contributed by atoms with E-state index in [4.69, 9.17) is 11.6 Å².